The molecule has 0 amide bonds. The first-order chi connectivity index (χ1) is 6.27. The second kappa shape index (κ2) is 3.21. The Labute approximate surface area is 77.2 Å². The first kappa shape index (κ1) is 8.30. The molecule has 1 aromatic rings. The third-order valence-electron chi connectivity index (χ3n) is 2.50. The van der Waals surface area contributed by atoms with Gasteiger partial charge < -0.3 is 4.42 Å². The normalized spacial score (nSPS) is 25.8. The molecule has 1 aliphatic rings. The molecular weight excluding hydrogens is 164 g/mol. The van der Waals surface area contributed by atoms with E-state index in [1.54, 1.807) is 6.26 Å². The van der Waals surface area contributed by atoms with Crippen LogP contribution in [0.3, 0.4) is 0 Å². The maximum Gasteiger partial charge on any atom is 0.159 e. The molecule has 0 N–H and O–H groups in total. The van der Waals surface area contributed by atoms with Crippen LogP contribution in [0.2, 0.25) is 0 Å². The van der Waals surface area contributed by atoms with E-state index >= 15 is 0 Å². The lowest BCUT2D eigenvalue weighted by atomic mass is 10.0. The predicted octanol–water partition coefficient (Wildman–Crippen LogP) is 2.66. The number of hydrogen-bond donors (Lipinski definition) is 0. The molecule has 2 rings (SSSR count). The van der Waals surface area contributed by atoms with Crippen molar-refractivity contribution in [1.82, 2.24) is 0 Å². The molecule has 68 valence electrons. The highest BCUT2D eigenvalue weighted by atomic mass is 16.3. The summed E-state index contributed by atoms with van der Waals surface area (Å²) in [6.45, 7) is 2.08. The van der Waals surface area contributed by atoms with Crippen molar-refractivity contribution in [2.24, 2.45) is 5.92 Å². The van der Waals surface area contributed by atoms with Crippen LogP contribution in [0.25, 0.3) is 6.08 Å². The Hall–Kier alpha value is -1.31. The van der Waals surface area contributed by atoms with Crippen LogP contribution in [0, 0.1) is 5.92 Å². The van der Waals surface area contributed by atoms with E-state index in [4.69, 9.17) is 4.42 Å². The van der Waals surface area contributed by atoms with Gasteiger partial charge in [0, 0.05) is 12.0 Å². The van der Waals surface area contributed by atoms with Gasteiger partial charge in [0.2, 0.25) is 0 Å². The third-order valence-corrected chi connectivity index (χ3v) is 2.50. The van der Waals surface area contributed by atoms with Gasteiger partial charge in [-0.15, -0.1) is 0 Å². The van der Waals surface area contributed by atoms with Gasteiger partial charge in [0.1, 0.15) is 5.76 Å². The SMILES string of the molecule is CC1CCC(=O)/C1=C/c1ccco1. The molecule has 1 aliphatic carbocycles. The van der Waals surface area contributed by atoms with Crippen molar-refractivity contribution >= 4 is 11.9 Å². The van der Waals surface area contributed by atoms with E-state index in [9.17, 15) is 4.79 Å². The minimum Gasteiger partial charge on any atom is -0.465 e. The Morgan fingerprint density at radius 3 is 3.00 bits per heavy atom. The molecule has 1 aromatic heterocycles. The van der Waals surface area contributed by atoms with E-state index in [1.807, 2.05) is 18.2 Å². The summed E-state index contributed by atoms with van der Waals surface area (Å²) in [5.74, 6) is 1.43. The highest BCUT2D eigenvalue weighted by Crippen LogP contribution is 2.29. The summed E-state index contributed by atoms with van der Waals surface area (Å²) in [5, 5.41) is 0. The van der Waals surface area contributed by atoms with Crippen molar-refractivity contribution in [2.45, 2.75) is 19.8 Å². The molecular formula is C11H12O2. The summed E-state index contributed by atoms with van der Waals surface area (Å²) in [6.07, 6.45) is 5.15. The molecule has 13 heavy (non-hydrogen) atoms. The zero-order valence-corrected chi connectivity index (χ0v) is 7.62. The zero-order chi connectivity index (χ0) is 9.26. The van der Waals surface area contributed by atoms with Crippen LogP contribution in [-0.2, 0) is 4.79 Å². The van der Waals surface area contributed by atoms with E-state index in [-0.39, 0.29) is 5.78 Å². The summed E-state index contributed by atoms with van der Waals surface area (Å²) in [7, 11) is 0. The van der Waals surface area contributed by atoms with Crippen molar-refractivity contribution in [3.8, 4) is 0 Å². The van der Waals surface area contributed by atoms with Crippen molar-refractivity contribution in [3.63, 3.8) is 0 Å². The Bertz CT molecular complexity index is 333. The van der Waals surface area contributed by atoms with Gasteiger partial charge in [0.15, 0.2) is 5.78 Å². The molecule has 0 aliphatic heterocycles. The number of carbonyl (C=O) groups excluding carboxylic acids is 1. The number of rotatable bonds is 1. The molecule has 0 bridgehead atoms. The zero-order valence-electron chi connectivity index (χ0n) is 7.62. The predicted molar refractivity (Wildman–Crippen MR) is 50.1 cm³/mol. The lowest BCUT2D eigenvalue weighted by Gasteiger charge is -2.00. The highest BCUT2D eigenvalue weighted by Gasteiger charge is 2.24. The Morgan fingerprint density at radius 2 is 2.46 bits per heavy atom. The fourth-order valence-electron chi connectivity index (χ4n) is 1.67. The molecule has 0 saturated heterocycles. The molecule has 0 radical (unpaired) electrons. The van der Waals surface area contributed by atoms with E-state index in [1.165, 1.54) is 0 Å². The fourth-order valence-corrected chi connectivity index (χ4v) is 1.67. The molecule has 0 spiro atoms. The van der Waals surface area contributed by atoms with Crippen LogP contribution < -0.4 is 0 Å². The van der Waals surface area contributed by atoms with Crippen molar-refractivity contribution < 1.29 is 9.21 Å². The fraction of sp³-hybridized carbons (Fsp3) is 0.364. The lowest BCUT2D eigenvalue weighted by molar-refractivity contribution is -0.114. The minimum atomic E-state index is 0.268. The van der Waals surface area contributed by atoms with Gasteiger partial charge in [-0.25, -0.2) is 0 Å². The maximum absolute atomic E-state index is 11.4. The molecule has 1 fully saturated rings. The van der Waals surface area contributed by atoms with Gasteiger partial charge in [-0.2, -0.15) is 0 Å². The van der Waals surface area contributed by atoms with E-state index < -0.39 is 0 Å². The summed E-state index contributed by atoms with van der Waals surface area (Å²) in [6, 6.07) is 3.70. The average molecular weight is 176 g/mol. The largest absolute Gasteiger partial charge is 0.465 e. The number of Topliss-reactive ketones (excluding diaryl/α,β-unsaturated/α-hetero) is 1. The van der Waals surface area contributed by atoms with Crippen LogP contribution in [0.15, 0.2) is 28.4 Å². The standard InChI is InChI=1S/C11H12O2/c1-8-4-5-11(12)10(8)7-9-3-2-6-13-9/h2-3,6-8H,4-5H2,1H3/b10-7+. The van der Waals surface area contributed by atoms with Crippen LogP contribution in [0.4, 0.5) is 0 Å². The number of ketones is 1. The Kier molecular flexibility index (Phi) is 2.05. The summed E-state index contributed by atoms with van der Waals surface area (Å²) in [5.41, 5.74) is 0.912. The van der Waals surface area contributed by atoms with Gasteiger partial charge in [0.25, 0.3) is 0 Å². The van der Waals surface area contributed by atoms with Crippen LogP contribution in [-0.4, -0.2) is 5.78 Å². The maximum atomic E-state index is 11.4. The van der Waals surface area contributed by atoms with E-state index in [0.717, 1.165) is 17.8 Å². The number of allylic oxidation sites excluding steroid dienone is 1. The monoisotopic (exact) mass is 176 g/mol. The van der Waals surface area contributed by atoms with Crippen molar-refractivity contribution in [3.05, 3.63) is 29.7 Å². The number of carbonyl (C=O) groups is 1. The first-order valence-electron chi connectivity index (χ1n) is 4.55. The van der Waals surface area contributed by atoms with Gasteiger partial charge in [-0.3, -0.25) is 4.79 Å². The number of furan rings is 1. The first-order valence-corrected chi connectivity index (χ1v) is 4.55. The summed E-state index contributed by atoms with van der Waals surface area (Å²) >= 11 is 0. The van der Waals surface area contributed by atoms with Crippen LogP contribution in [0.1, 0.15) is 25.5 Å². The summed E-state index contributed by atoms with van der Waals surface area (Å²) < 4.78 is 5.16. The lowest BCUT2D eigenvalue weighted by Crippen LogP contribution is -1.96. The number of hydrogen-bond acceptors (Lipinski definition) is 2. The van der Waals surface area contributed by atoms with Gasteiger partial charge in [0.05, 0.1) is 6.26 Å². The highest BCUT2D eigenvalue weighted by molar-refractivity contribution is 6.01. The van der Waals surface area contributed by atoms with Crippen LogP contribution >= 0.6 is 0 Å². The molecule has 1 heterocycles. The average Bonchev–Trinajstić information content (AvgIpc) is 2.70. The van der Waals surface area contributed by atoms with E-state index in [2.05, 4.69) is 6.92 Å². The summed E-state index contributed by atoms with van der Waals surface area (Å²) in [4.78, 5) is 11.4. The molecule has 2 heteroatoms. The topological polar surface area (TPSA) is 30.2 Å². The Balaban J connectivity index is 2.29. The van der Waals surface area contributed by atoms with Gasteiger partial charge in [-0.05, 0) is 30.5 Å². The molecule has 0 aromatic carbocycles. The minimum absolute atomic E-state index is 0.268. The molecule has 2 nitrogen and oxygen atoms in total. The third kappa shape index (κ3) is 1.57. The van der Waals surface area contributed by atoms with Crippen LogP contribution in [0.5, 0.6) is 0 Å². The van der Waals surface area contributed by atoms with Gasteiger partial charge in [-0.1, -0.05) is 6.92 Å². The second-order valence-corrected chi connectivity index (χ2v) is 3.48. The van der Waals surface area contributed by atoms with E-state index in [0.29, 0.717) is 12.3 Å². The van der Waals surface area contributed by atoms with Gasteiger partial charge >= 0.3 is 0 Å². The molecule has 1 unspecified atom stereocenters. The molecule has 1 atom stereocenters. The quantitative estimate of drug-likeness (QED) is 0.616. The van der Waals surface area contributed by atoms with Crippen molar-refractivity contribution in [1.29, 1.82) is 0 Å². The molecule has 1 saturated carbocycles. The smallest absolute Gasteiger partial charge is 0.159 e. The Morgan fingerprint density at radius 1 is 1.62 bits per heavy atom. The van der Waals surface area contributed by atoms with Crippen molar-refractivity contribution in [2.75, 3.05) is 0 Å². The second-order valence-electron chi connectivity index (χ2n) is 3.48.